The average molecular weight is 302 g/mol. The van der Waals surface area contributed by atoms with E-state index in [2.05, 4.69) is 19.1 Å². The topological polar surface area (TPSA) is 55.6 Å². The molecule has 1 saturated carbocycles. The van der Waals surface area contributed by atoms with Crippen LogP contribution in [0.1, 0.15) is 44.3 Å². The molecule has 1 saturated heterocycles. The molecule has 2 N–H and O–H groups in total. The van der Waals surface area contributed by atoms with Gasteiger partial charge in [-0.15, -0.1) is 0 Å². The first-order valence-electron chi connectivity index (χ1n) is 8.30. The van der Waals surface area contributed by atoms with Crippen LogP contribution in [0.3, 0.4) is 0 Å². The van der Waals surface area contributed by atoms with E-state index in [9.17, 15) is 4.79 Å². The van der Waals surface area contributed by atoms with Crippen LogP contribution in [0, 0.1) is 5.41 Å². The molecule has 3 atom stereocenters. The molecule has 1 aromatic rings. The monoisotopic (exact) mass is 302 g/mol. The second-order valence-corrected chi connectivity index (χ2v) is 6.94. The molecule has 0 bridgehead atoms. The number of nitrogens with two attached hydrogens (primary N) is 1. The Kier molecular flexibility index (Phi) is 4.50. The molecule has 1 aliphatic carbocycles. The minimum atomic E-state index is -0.287. The van der Waals surface area contributed by atoms with Crippen molar-refractivity contribution in [3.05, 3.63) is 35.9 Å². The summed E-state index contributed by atoms with van der Waals surface area (Å²) in [5.74, 6) is 0.256. The summed E-state index contributed by atoms with van der Waals surface area (Å²) in [6.07, 6.45) is 3.54. The summed E-state index contributed by atoms with van der Waals surface area (Å²) in [5.41, 5.74) is 6.89. The van der Waals surface area contributed by atoms with Crippen molar-refractivity contribution < 1.29 is 9.53 Å². The summed E-state index contributed by atoms with van der Waals surface area (Å²) in [4.78, 5) is 15.0. The molecule has 22 heavy (non-hydrogen) atoms. The molecule has 4 heteroatoms. The number of carbonyl (C=O) groups excluding carboxylic acids is 1. The average Bonchev–Trinajstić information content (AvgIpc) is 2.76. The third-order valence-corrected chi connectivity index (χ3v) is 5.03. The van der Waals surface area contributed by atoms with E-state index in [1.807, 2.05) is 23.1 Å². The molecule has 2 fully saturated rings. The van der Waals surface area contributed by atoms with Crippen LogP contribution >= 0.6 is 0 Å². The number of ether oxygens (including phenoxy) is 1. The van der Waals surface area contributed by atoms with E-state index in [0.29, 0.717) is 13.2 Å². The van der Waals surface area contributed by atoms with Crippen molar-refractivity contribution in [2.45, 2.75) is 44.8 Å². The summed E-state index contributed by atoms with van der Waals surface area (Å²) < 4.78 is 5.97. The number of hydrogen-bond acceptors (Lipinski definition) is 3. The Morgan fingerprint density at radius 2 is 2.14 bits per heavy atom. The van der Waals surface area contributed by atoms with Gasteiger partial charge in [0.25, 0.3) is 0 Å². The molecule has 1 unspecified atom stereocenters. The maximum Gasteiger partial charge on any atom is 0.228 e. The van der Waals surface area contributed by atoms with Crippen LogP contribution in [-0.2, 0) is 9.53 Å². The van der Waals surface area contributed by atoms with Gasteiger partial charge in [-0.2, -0.15) is 0 Å². The van der Waals surface area contributed by atoms with Gasteiger partial charge in [-0.25, -0.2) is 0 Å². The van der Waals surface area contributed by atoms with Gasteiger partial charge >= 0.3 is 0 Å². The lowest BCUT2D eigenvalue weighted by Gasteiger charge is -2.32. The smallest absolute Gasteiger partial charge is 0.228 e. The molecule has 0 aromatic heterocycles. The van der Waals surface area contributed by atoms with Gasteiger partial charge in [-0.1, -0.05) is 37.3 Å². The molecule has 3 rings (SSSR count). The normalized spacial score (nSPS) is 32.7. The Morgan fingerprint density at radius 1 is 1.36 bits per heavy atom. The van der Waals surface area contributed by atoms with E-state index >= 15 is 0 Å². The van der Waals surface area contributed by atoms with Crippen molar-refractivity contribution >= 4 is 5.91 Å². The number of benzene rings is 1. The standard InChI is InChI=1S/C18H26N2O2/c1-18(9-8-15(19)12-18)17(21)20-10-5-11-22-16(13-20)14-6-3-2-4-7-14/h2-4,6-7,15-16H,5,8-13,19H2,1H3/t15-,16?,18-/m0/s1. The second-order valence-electron chi connectivity index (χ2n) is 6.94. The summed E-state index contributed by atoms with van der Waals surface area (Å²) in [6.45, 7) is 4.21. The van der Waals surface area contributed by atoms with Gasteiger partial charge in [0, 0.05) is 24.6 Å². The molecule has 1 aromatic carbocycles. The van der Waals surface area contributed by atoms with E-state index in [1.165, 1.54) is 0 Å². The fourth-order valence-corrected chi connectivity index (χ4v) is 3.74. The highest BCUT2D eigenvalue weighted by molar-refractivity contribution is 5.83. The van der Waals surface area contributed by atoms with E-state index in [0.717, 1.165) is 37.8 Å². The number of carbonyl (C=O) groups is 1. The van der Waals surface area contributed by atoms with Crippen molar-refractivity contribution in [2.75, 3.05) is 19.7 Å². The Balaban J connectivity index is 1.74. The zero-order chi connectivity index (χ0) is 15.6. The van der Waals surface area contributed by atoms with Gasteiger partial charge in [-0.05, 0) is 31.2 Å². The van der Waals surface area contributed by atoms with Gasteiger partial charge in [0.2, 0.25) is 5.91 Å². The SMILES string of the molecule is C[C@]1(C(=O)N2CCCOC(c3ccccc3)C2)CC[C@H](N)C1. The van der Waals surface area contributed by atoms with Gasteiger partial charge in [0.05, 0.1) is 6.54 Å². The largest absolute Gasteiger partial charge is 0.372 e. The van der Waals surface area contributed by atoms with E-state index in [4.69, 9.17) is 10.5 Å². The van der Waals surface area contributed by atoms with Gasteiger partial charge < -0.3 is 15.4 Å². The Bertz CT molecular complexity index is 519. The third kappa shape index (κ3) is 3.18. The molecular weight excluding hydrogens is 276 g/mol. The number of hydrogen-bond donors (Lipinski definition) is 1. The fraction of sp³-hybridized carbons (Fsp3) is 0.611. The summed E-state index contributed by atoms with van der Waals surface area (Å²) in [7, 11) is 0. The minimum absolute atomic E-state index is 0.0219. The summed E-state index contributed by atoms with van der Waals surface area (Å²) in [5, 5.41) is 0. The highest BCUT2D eigenvalue weighted by Gasteiger charge is 2.42. The number of nitrogens with zero attached hydrogens (tertiary/aromatic N) is 1. The maximum atomic E-state index is 13.0. The van der Waals surface area contributed by atoms with Crippen LogP contribution in [0.2, 0.25) is 0 Å². The van der Waals surface area contributed by atoms with E-state index < -0.39 is 0 Å². The van der Waals surface area contributed by atoms with Crippen LogP contribution < -0.4 is 5.73 Å². The van der Waals surface area contributed by atoms with Gasteiger partial charge in [0.1, 0.15) is 6.10 Å². The molecule has 120 valence electrons. The van der Waals surface area contributed by atoms with E-state index in [1.54, 1.807) is 0 Å². The van der Waals surface area contributed by atoms with Crippen LogP contribution in [0.25, 0.3) is 0 Å². The first kappa shape index (κ1) is 15.5. The Morgan fingerprint density at radius 3 is 2.82 bits per heavy atom. The molecule has 0 spiro atoms. The van der Waals surface area contributed by atoms with Crippen molar-refractivity contribution in [3.8, 4) is 0 Å². The molecular formula is C18H26N2O2. The third-order valence-electron chi connectivity index (χ3n) is 5.03. The predicted molar refractivity (Wildman–Crippen MR) is 86.3 cm³/mol. The number of amides is 1. The Hall–Kier alpha value is -1.39. The lowest BCUT2D eigenvalue weighted by atomic mass is 9.86. The van der Waals surface area contributed by atoms with Crippen molar-refractivity contribution in [3.63, 3.8) is 0 Å². The summed E-state index contributed by atoms with van der Waals surface area (Å²) >= 11 is 0. The molecule has 1 aliphatic heterocycles. The first-order valence-corrected chi connectivity index (χ1v) is 8.30. The zero-order valence-electron chi connectivity index (χ0n) is 13.3. The van der Waals surface area contributed by atoms with Crippen molar-refractivity contribution in [1.82, 2.24) is 4.90 Å². The molecule has 2 aliphatic rings. The van der Waals surface area contributed by atoms with Crippen LogP contribution in [0.15, 0.2) is 30.3 Å². The fourth-order valence-electron chi connectivity index (χ4n) is 3.74. The zero-order valence-corrected chi connectivity index (χ0v) is 13.3. The van der Waals surface area contributed by atoms with E-state index in [-0.39, 0.29) is 23.5 Å². The van der Waals surface area contributed by atoms with Gasteiger partial charge in [-0.3, -0.25) is 4.79 Å². The summed E-state index contributed by atoms with van der Waals surface area (Å²) in [6, 6.07) is 10.4. The quantitative estimate of drug-likeness (QED) is 0.913. The molecule has 4 nitrogen and oxygen atoms in total. The highest BCUT2D eigenvalue weighted by Crippen LogP contribution is 2.39. The lowest BCUT2D eigenvalue weighted by Crippen LogP contribution is -2.43. The van der Waals surface area contributed by atoms with Crippen LogP contribution in [-0.4, -0.2) is 36.5 Å². The van der Waals surface area contributed by atoms with Crippen LogP contribution in [0.4, 0.5) is 0 Å². The maximum absolute atomic E-state index is 13.0. The lowest BCUT2D eigenvalue weighted by molar-refractivity contribution is -0.141. The van der Waals surface area contributed by atoms with Crippen molar-refractivity contribution in [2.24, 2.45) is 11.1 Å². The van der Waals surface area contributed by atoms with Crippen molar-refractivity contribution in [1.29, 1.82) is 0 Å². The Labute approximate surface area is 132 Å². The first-order chi connectivity index (χ1) is 10.6. The van der Waals surface area contributed by atoms with Gasteiger partial charge in [0.15, 0.2) is 0 Å². The molecule has 1 amide bonds. The second kappa shape index (κ2) is 6.39. The minimum Gasteiger partial charge on any atom is -0.372 e. The number of rotatable bonds is 2. The molecule has 0 radical (unpaired) electrons. The van der Waals surface area contributed by atoms with Crippen LogP contribution in [0.5, 0.6) is 0 Å². The predicted octanol–water partition coefficient (Wildman–Crippen LogP) is 2.49. The molecule has 1 heterocycles. The highest BCUT2D eigenvalue weighted by atomic mass is 16.5.